The Morgan fingerprint density at radius 2 is 2.00 bits per heavy atom. The molecule has 1 heterocycles. The molecule has 0 spiro atoms. The quantitative estimate of drug-likeness (QED) is 0.401. The Hall–Kier alpha value is -0.830. The van der Waals surface area contributed by atoms with Gasteiger partial charge in [0.15, 0.2) is 0 Å². The van der Waals surface area contributed by atoms with Crippen LogP contribution in [0.2, 0.25) is 0 Å². The summed E-state index contributed by atoms with van der Waals surface area (Å²) in [6.07, 6.45) is 4.09. The van der Waals surface area contributed by atoms with Gasteiger partial charge in [-0.1, -0.05) is 0 Å². The number of rotatable bonds is 2. The number of ether oxygens (including phenoxy) is 1. The van der Waals surface area contributed by atoms with E-state index in [4.69, 9.17) is 4.74 Å². The van der Waals surface area contributed by atoms with Crippen molar-refractivity contribution in [2.45, 2.75) is 0 Å². The molecule has 3 nitrogen and oxygen atoms in total. The third-order valence-electron chi connectivity index (χ3n) is 1.42. The van der Waals surface area contributed by atoms with Gasteiger partial charge in [-0.25, -0.2) is 0 Å². The molecule has 0 aromatic carbocycles. The van der Waals surface area contributed by atoms with Crippen LogP contribution in [0.1, 0.15) is 0 Å². The van der Waals surface area contributed by atoms with Crippen molar-refractivity contribution in [2.75, 3.05) is 26.3 Å². The van der Waals surface area contributed by atoms with Crippen molar-refractivity contribution in [1.29, 1.82) is 0 Å². The molecular formula is C7H11NO2. The van der Waals surface area contributed by atoms with E-state index >= 15 is 0 Å². The highest BCUT2D eigenvalue weighted by Crippen LogP contribution is 1.95. The number of aldehydes is 1. The summed E-state index contributed by atoms with van der Waals surface area (Å²) >= 11 is 0. The van der Waals surface area contributed by atoms with Gasteiger partial charge in [0.25, 0.3) is 0 Å². The van der Waals surface area contributed by atoms with Crippen molar-refractivity contribution in [3.63, 3.8) is 0 Å². The Morgan fingerprint density at radius 3 is 2.60 bits per heavy atom. The fraction of sp³-hybridized carbons (Fsp3) is 0.571. The van der Waals surface area contributed by atoms with Crippen LogP contribution in [0.5, 0.6) is 0 Å². The van der Waals surface area contributed by atoms with E-state index < -0.39 is 0 Å². The van der Waals surface area contributed by atoms with Crippen molar-refractivity contribution in [3.05, 3.63) is 12.3 Å². The summed E-state index contributed by atoms with van der Waals surface area (Å²) in [4.78, 5) is 12.0. The fourth-order valence-corrected chi connectivity index (χ4v) is 0.883. The van der Waals surface area contributed by atoms with Gasteiger partial charge in [0, 0.05) is 19.3 Å². The SMILES string of the molecule is O=CC=CN1CCOCC1. The molecule has 1 aliphatic rings. The Kier molecular flexibility index (Phi) is 2.96. The highest BCUT2D eigenvalue weighted by molar-refractivity contribution is 5.64. The van der Waals surface area contributed by atoms with Crippen molar-refractivity contribution in [2.24, 2.45) is 0 Å². The highest BCUT2D eigenvalue weighted by atomic mass is 16.5. The van der Waals surface area contributed by atoms with Crippen molar-refractivity contribution in [1.82, 2.24) is 4.90 Å². The van der Waals surface area contributed by atoms with Crippen LogP contribution in [0.25, 0.3) is 0 Å². The van der Waals surface area contributed by atoms with Crippen LogP contribution in [0.4, 0.5) is 0 Å². The van der Waals surface area contributed by atoms with Gasteiger partial charge in [0.2, 0.25) is 0 Å². The second kappa shape index (κ2) is 4.06. The molecule has 0 radical (unpaired) electrons. The van der Waals surface area contributed by atoms with E-state index in [-0.39, 0.29) is 0 Å². The fourth-order valence-electron chi connectivity index (χ4n) is 0.883. The molecule has 1 saturated heterocycles. The van der Waals surface area contributed by atoms with Crippen LogP contribution in [0.3, 0.4) is 0 Å². The Morgan fingerprint density at radius 1 is 1.30 bits per heavy atom. The molecule has 0 unspecified atom stereocenters. The monoisotopic (exact) mass is 141 g/mol. The number of hydrogen-bond donors (Lipinski definition) is 0. The van der Waals surface area contributed by atoms with Crippen molar-refractivity contribution >= 4 is 6.29 Å². The summed E-state index contributed by atoms with van der Waals surface area (Å²) in [5.41, 5.74) is 0. The lowest BCUT2D eigenvalue weighted by Crippen LogP contribution is -2.31. The van der Waals surface area contributed by atoms with Gasteiger partial charge in [0.1, 0.15) is 6.29 Å². The number of nitrogens with zero attached hydrogens (tertiary/aromatic N) is 1. The molecule has 0 bridgehead atoms. The van der Waals surface area contributed by atoms with E-state index in [0.29, 0.717) is 0 Å². The molecule has 0 aromatic rings. The molecule has 1 fully saturated rings. The van der Waals surface area contributed by atoms with Crippen LogP contribution in [0, 0.1) is 0 Å². The maximum Gasteiger partial charge on any atom is 0.144 e. The summed E-state index contributed by atoms with van der Waals surface area (Å²) < 4.78 is 5.12. The van der Waals surface area contributed by atoms with E-state index in [1.807, 2.05) is 0 Å². The summed E-state index contributed by atoms with van der Waals surface area (Å²) in [7, 11) is 0. The summed E-state index contributed by atoms with van der Waals surface area (Å²) in [6, 6.07) is 0. The number of morpholine rings is 1. The van der Waals surface area contributed by atoms with Gasteiger partial charge in [-0.15, -0.1) is 0 Å². The predicted octanol–water partition coefficient (Wildman–Crippen LogP) is 0.0312. The maximum atomic E-state index is 9.90. The minimum Gasteiger partial charge on any atom is -0.378 e. The first-order valence-corrected chi connectivity index (χ1v) is 3.37. The lowest BCUT2D eigenvalue weighted by molar-refractivity contribution is -0.104. The van der Waals surface area contributed by atoms with Crippen molar-refractivity contribution < 1.29 is 9.53 Å². The van der Waals surface area contributed by atoms with Crippen LogP contribution >= 0.6 is 0 Å². The summed E-state index contributed by atoms with van der Waals surface area (Å²) in [5.74, 6) is 0. The molecule has 0 saturated carbocycles. The van der Waals surface area contributed by atoms with Gasteiger partial charge < -0.3 is 9.64 Å². The highest BCUT2D eigenvalue weighted by Gasteiger charge is 2.03. The van der Waals surface area contributed by atoms with Crippen LogP contribution < -0.4 is 0 Å². The number of hydrogen-bond acceptors (Lipinski definition) is 3. The zero-order valence-electron chi connectivity index (χ0n) is 5.82. The van der Waals surface area contributed by atoms with E-state index in [1.165, 1.54) is 6.08 Å². The normalized spacial score (nSPS) is 19.8. The first-order valence-electron chi connectivity index (χ1n) is 3.37. The van der Waals surface area contributed by atoms with Gasteiger partial charge in [-0.3, -0.25) is 4.79 Å². The van der Waals surface area contributed by atoms with E-state index in [9.17, 15) is 4.79 Å². The molecule has 0 atom stereocenters. The minimum atomic E-state index is 0.767. The Labute approximate surface area is 60.3 Å². The molecule has 10 heavy (non-hydrogen) atoms. The number of allylic oxidation sites excluding steroid dienone is 1. The maximum absolute atomic E-state index is 9.90. The van der Waals surface area contributed by atoms with Crippen LogP contribution in [-0.2, 0) is 9.53 Å². The van der Waals surface area contributed by atoms with E-state index in [1.54, 1.807) is 6.20 Å². The third-order valence-corrected chi connectivity index (χ3v) is 1.42. The lowest BCUT2D eigenvalue weighted by Gasteiger charge is -2.24. The molecule has 3 heteroatoms. The number of carbonyl (C=O) groups excluding carboxylic acids is 1. The zero-order valence-corrected chi connectivity index (χ0v) is 5.82. The van der Waals surface area contributed by atoms with Crippen molar-refractivity contribution in [3.8, 4) is 0 Å². The predicted molar refractivity (Wildman–Crippen MR) is 37.6 cm³/mol. The second-order valence-corrected chi connectivity index (χ2v) is 2.13. The molecule has 1 rings (SSSR count). The molecule has 0 amide bonds. The lowest BCUT2D eigenvalue weighted by atomic mass is 10.4. The molecular weight excluding hydrogens is 130 g/mol. The van der Waals surface area contributed by atoms with Gasteiger partial charge >= 0.3 is 0 Å². The largest absolute Gasteiger partial charge is 0.378 e. The van der Waals surface area contributed by atoms with Crippen LogP contribution in [-0.4, -0.2) is 37.5 Å². The molecule has 0 aliphatic carbocycles. The van der Waals surface area contributed by atoms with E-state index in [0.717, 1.165) is 32.6 Å². The second-order valence-electron chi connectivity index (χ2n) is 2.13. The molecule has 0 N–H and O–H groups in total. The first-order chi connectivity index (χ1) is 4.93. The van der Waals surface area contributed by atoms with Crippen LogP contribution in [0.15, 0.2) is 12.3 Å². The Balaban J connectivity index is 2.25. The van der Waals surface area contributed by atoms with E-state index in [2.05, 4.69) is 4.90 Å². The summed E-state index contributed by atoms with van der Waals surface area (Å²) in [5, 5.41) is 0. The third kappa shape index (κ3) is 2.19. The smallest absolute Gasteiger partial charge is 0.144 e. The molecule has 1 aliphatic heterocycles. The van der Waals surface area contributed by atoms with Gasteiger partial charge in [-0.2, -0.15) is 0 Å². The van der Waals surface area contributed by atoms with Gasteiger partial charge in [-0.05, 0) is 6.08 Å². The molecule has 0 aromatic heterocycles. The molecule has 56 valence electrons. The Bertz CT molecular complexity index is 128. The summed E-state index contributed by atoms with van der Waals surface area (Å²) in [6.45, 7) is 3.32. The number of carbonyl (C=O) groups is 1. The standard InChI is InChI=1S/C7H11NO2/c9-5-1-2-8-3-6-10-7-4-8/h1-2,5H,3-4,6-7H2. The average Bonchev–Trinajstić information content (AvgIpc) is 2.03. The minimum absolute atomic E-state index is 0.767. The topological polar surface area (TPSA) is 29.5 Å². The zero-order chi connectivity index (χ0) is 7.23. The first kappa shape index (κ1) is 7.28. The average molecular weight is 141 g/mol. The van der Waals surface area contributed by atoms with Gasteiger partial charge in [0.05, 0.1) is 13.2 Å².